The van der Waals surface area contributed by atoms with Crippen LogP contribution in [-0.2, 0) is 89.4 Å². The Morgan fingerprint density at radius 1 is 0.625 bits per heavy atom. The van der Waals surface area contributed by atoms with E-state index in [-0.39, 0.29) is 28.8 Å². The van der Waals surface area contributed by atoms with Crippen LogP contribution in [0.25, 0.3) is 0 Å². The first-order valence-corrected chi connectivity index (χ1v) is 35.7. The molecule has 0 aromatic heterocycles. The number of benzene rings is 2. The zero-order valence-electron chi connectivity index (χ0n) is 39.9. The molecule has 0 atom stereocenters. The van der Waals surface area contributed by atoms with Crippen LogP contribution in [0.4, 0.5) is 0 Å². The second-order valence-corrected chi connectivity index (χ2v) is 35.2. The lowest BCUT2D eigenvalue weighted by Crippen LogP contribution is -2.23. The zero-order valence-corrected chi connectivity index (χ0v) is 46.6. The number of hydrogen-bond acceptors (Lipinski definition) is 17. The number of sulfone groups is 6. The maximum absolute atomic E-state index is 10.9. The maximum Gasteiger partial charge on any atom is 0.302 e. The first-order valence-electron chi connectivity index (χ1n) is 18.9. The molecule has 0 spiro atoms. The fourth-order valence-electron chi connectivity index (χ4n) is 2.94. The Balaban J connectivity index is -0.000000211. The van der Waals surface area contributed by atoms with E-state index in [0.717, 1.165) is 61.3 Å². The molecule has 17 nitrogen and oxygen atoms in total. The van der Waals surface area contributed by atoms with Crippen molar-refractivity contribution in [2.75, 3.05) is 87.8 Å². The largest absolute Gasteiger partial charge is 0.463 e. The summed E-state index contributed by atoms with van der Waals surface area (Å²) in [6.07, 6.45) is 11.4. The molecule has 1 saturated carbocycles. The Morgan fingerprint density at radius 2 is 1.02 bits per heavy atom. The molecule has 1 fully saturated rings. The third-order valence-corrected chi connectivity index (χ3v) is 13.4. The Bertz CT molecular complexity index is 2210. The topological polar surface area (TPSA) is 267 Å². The first kappa shape index (κ1) is 70.6. The number of ether oxygens (including phenoxy) is 3. The Hall–Kier alpha value is -2.45. The summed E-state index contributed by atoms with van der Waals surface area (Å²) >= 11 is 5.11. The van der Waals surface area contributed by atoms with Crippen molar-refractivity contribution in [3.8, 4) is 0 Å². The van der Waals surface area contributed by atoms with Crippen LogP contribution in [0.2, 0.25) is 25.7 Å². The molecule has 0 N–H and O–H groups in total. The monoisotopic (exact) mass is 1070 g/mol. The molecule has 25 heteroatoms. The van der Waals surface area contributed by atoms with E-state index in [1.807, 2.05) is 37.3 Å². The number of alkyl halides is 1. The van der Waals surface area contributed by atoms with Gasteiger partial charge in [0.1, 0.15) is 62.4 Å². The van der Waals surface area contributed by atoms with E-state index in [1.54, 1.807) is 31.4 Å². The highest BCUT2D eigenvalue weighted by Crippen LogP contribution is 2.27. The van der Waals surface area contributed by atoms with Crippen molar-refractivity contribution in [2.45, 2.75) is 76.1 Å². The van der Waals surface area contributed by atoms with E-state index < -0.39 is 67.1 Å². The summed E-state index contributed by atoms with van der Waals surface area (Å²) in [5, 5.41) is 0.0208. The third kappa shape index (κ3) is 76.8. The predicted octanol–water partition coefficient (Wildman–Crippen LogP) is 4.50. The average Bonchev–Trinajstić information content (AvgIpc) is 3.93. The Kier molecular flexibility index (Phi) is 38.4. The second kappa shape index (κ2) is 34.8. The van der Waals surface area contributed by atoms with Gasteiger partial charge in [-0.05, 0) is 43.5 Å². The molecule has 0 amide bonds. The predicted molar refractivity (Wildman–Crippen MR) is 262 cm³/mol. The summed E-state index contributed by atoms with van der Waals surface area (Å²) in [6.45, 7) is 12.4. The summed E-state index contributed by atoms with van der Waals surface area (Å²) < 4.78 is 137. The molecule has 1 aliphatic rings. The molecule has 0 unspecified atom stereocenters. The van der Waals surface area contributed by atoms with Crippen LogP contribution in [0.5, 0.6) is 0 Å². The molecular formula is C39H73ClO17S6Si. The van der Waals surface area contributed by atoms with Gasteiger partial charge in [-0.25, -0.2) is 50.5 Å². The third-order valence-electron chi connectivity index (χ3n) is 6.13. The van der Waals surface area contributed by atoms with Gasteiger partial charge in [0.05, 0.1) is 22.5 Å². The maximum atomic E-state index is 10.9. The van der Waals surface area contributed by atoms with Crippen LogP contribution in [-0.4, -0.2) is 164 Å². The fourth-order valence-corrected chi connectivity index (χ4v) is 9.62. The quantitative estimate of drug-likeness (QED) is 0.123. The summed E-state index contributed by atoms with van der Waals surface area (Å²) in [5.41, 5.74) is 2.08. The minimum atomic E-state index is -3.02. The summed E-state index contributed by atoms with van der Waals surface area (Å²) in [6, 6.07) is 17.3. The number of carbonyl (C=O) groups excluding carboxylic acids is 2. The van der Waals surface area contributed by atoms with Crippen molar-refractivity contribution in [2.24, 2.45) is 0 Å². The highest BCUT2D eigenvalue weighted by Gasteiger charge is 2.31. The minimum absolute atomic E-state index is 0.0208. The highest BCUT2D eigenvalue weighted by molar-refractivity contribution is 7.92. The standard InChI is InChI=1S/C9H10O2.C8H10O2S.C6H16O2SSi.C5H10O3.C4H8O2S.C3H7ClO2S.2C2H6O2S/c1-8(10)11-7-9-5-3-2-4-6-9;1-7-3-5-8(6-4-7)11(2,9)10;1-9(7,8)5-6-10(2,3)4;1-5(6)8-4-3-7-2;1-7(5,6)4-2-3-4;1-7(5,6)3-2-4;2*1-5(2,3)4/h2-6H,7H2,1H3;3-6H,1-2H3;5-6H2,1-4H3;3-4H2,1-2H3;4H,2-3H2,1H3;2-3H2,1H3;2*1-2H3. The molecule has 3 rings (SSSR count). The van der Waals surface area contributed by atoms with Gasteiger partial charge in [0.25, 0.3) is 0 Å². The number of hydrogen-bond donors (Lipinski definition) is 0. The first-order chi connectivity index (χ1) is 28.4. The lowest BCUT2D eigenvalue weighted by molar-refractivity contribution is -0.143. The lowest BCUT2D eigenvalue weighted by Gasteiger charge is -2.13. The van der Waals surface area contributed by atoms with Gasteiger partial charge < -0.3 is 14.2 Å². The molecular weight excluding hydrogens is 996 g/mol. The van der Waals surface area contributed by atoms with Crippen molar-refractivity contribution in [1.29, 1.82) is 0 Å². The number of esters is 2. The summed E-state index contributed by atoms with van der Waals surface area (Å²) in [5.74, 6) is 0.131. The fraction of sp³-hybridized carbons (Fsp3) is 0.641. The number of rotatable bonds is 12. The van der Waals surface area contributed by atoms with Gasteiger partial charge in [-0.15, -0.1) is 11.6 Å². The molecule has 0 heterocycles. The van der Waals surface area contributed by atoms with Crippen LogP contribution in [0, 0.1) is 6.92 Å². The van der Waals surface area contributed by atoms with Crippen LogP contribution in [0.1, 0.15) is 37.8 Å². The van der Waals surface area contributed by atoms with Gasteiger partial charge in [-0.3, -0.25) is 9.59 Å². The highest BCUT2D eigenvalue weighted by atomic mass is 35.5. The van der Waals surface area contributed by atoms with Crippen molar-refractivity contribution in [3.63, 3.8) is 0 Å². The van der Waals surface area contributed by atoms with Crippen LogP contribution in [0.3, 0.4) is 0 Å². The molecule has 0 aliphatic heterocycles. The molecule has 378 valence electrons. The number of aryl methyl sites for hydroxylation is 1. The molecule has 0 radical (unpaired) electrons. The minimum Gasteiger partial charge on any atom is -0.463 e. The van der Waals surface area contributed by atoms with Crippen molar-refractivity contribution < 1.29 is 74.3 Å². The molecule has 2 aromatic rings. The molecule has 0 saturated heterocycles. The SMILES string of the molecule is CC(=O)OCc1ccccc1.COCCOC(C)=O.CS(=O)(=O)C1CC1.CS(=O)(=O)CCCl.CS(C)(=O)=O.CS(C)(=O)=O.C[Si](C)(C)CCS(C)(=O)=O.Cc1ccc(S(C)(=O)=O)cc1. The van der Waals surface area contributed by atoms with E-state index in [1.165, 1.54) is 32.6 Å². The van der Waals surface area contributed by atoms with Gasteiger partial charge in [-0.2, -0.15) is 0 Å². The van der Waals surface area contributed by atoms with Gasteiger partial charge in [-0.1, -0.05) is 67.7 Å². The van der Waals surface area contributed by atoms with Crippen LogP contribution in [0.15, 0.2) is 59.5 Å². The van der Waals surface area contributed by atoms with E-state index in [4.69, 9.17) is 16.3 Å². The number of carbonyl (C=O) groups is 2. The lowest BCUT2D eigenvalue weighted by atomic mass is 10.2. The van der Waals surface area contributed by atoms with Crippen LogP contribution >= 0.6 is 11.6 Å². The summed E-state index contributed by atoms with van der Waals surface area (Å²) in [4.78, 5) is 20.8. The van der Waals surface area contributed by atoms with E-state index in [2.05, 4.69) is 29.1 Å². The smallest absolute Gasteiger partial charge is 0.302 e. The second-order valence-electron chi connectivity index (χ2n) is 15.8. The van der Waals surface area contributed by atoms with Gasteiger partial charge in [0.2, 0.25) is 0 Å². The zero-order chi connectivity index (χ0) is 51.8. The molecule has 2 aromatic carbocycles. The number of methoxy groups -OCH3 is 1. The number of halogens is 1. The van der Waals surface area contributed by atoms with Crippen molar-refractivity contribution in [1.82, 2.24) is 0 Å². The molecule has 64 heavy (non-hydrogen) atoms. The Labute approximate surface area is 391 Å². The average molecular weight is 1070 g/mol. The normalized spacial score (nSPS) is 12.3. The van der Waals surface area contributed by atoms with Crippen molar-refractivity contribution >= 4 is 90.6 Å². The van der Waals surface area contributed by atoms with Gasteiger partial charge in [0, 0.05) is 90.7 Å². The van der Waals surface area contributed by atoms with Gasteiger partial charge in [0.15, 0.2) is 9.84 Å². The molecule has 1 aliphatic carbocycles. The van der Waals surface area contributed by atoms with Crippen LogP contribution < -0.4 is 0 Å². The Morgan fingerprint density at radius 3 is 1.23 bits per heavy atom. The molecule has 0 bridgehead atoms. The van der Waals surface area contributed by atoms with E-state index >= 15 is 0 Å². The van der Waals surface area contributed by atoms with Gasteiger partial charge >= 0.3 is 11.9 Å². The van der Waals surface area contributed by atoms with E-state index in [9.17, 15) is 60.1 Å². The van der Waals surface area contributed by atoms with E-state index in [0.29, 0.717) is 30.5 Å². The van der Waals surface area contributed by atoms with Crippen molar-refractivity contribution in [3.05, 3.63) is 65.7 Å². The summed E-state index contributed by atoms with van der Waals surface area (Å²) in [7, 11) is -16.1.